The summed E-state index contributed by atoms with van der Waals surface area (Å²) >= 11 is 1.68. The van der Waals surface area contributed by atoms with Crippen LogP contribution in [0.1, 0.15) is 25.5 Å². The molecule has 1 aromatic heterocycles. The molecule has 1 aliphatic heterocycles. The summed E-state index contributed by atoms with van der Waals surface area (Å²) in [7, 11) is 0. The number of fused-ring (bicyclic) bond motifs is 1. The minimum absolute atomic E-state index is 0.137. The van der Waals surface area contributed by atoms with Gasteiger partial charge in [0.15, 0.2) is 11.5 Å². The van der Waals surface area contributed by atoms with Crippen LogP contribution in [0.3, 0.4) is 0 Å². The monoisotopic (exact) mass is 360 g/mol. The van der Waals surface area contributed by atoms with Crippen LogP contribution in [0.15, 0.2) is 41.1 Å². The predicted octanol–water partition coefficient (Wildman–Crippen LogP) is 3.09. The molecule has 0 unspecified atom stereocenters. The molecule has 6 heteroatoms. The Balaban J connectivity index is 1.62. The van der Waals surface area contributed by atoms with Gasteiger partial charge in [-0.25, -0.2) is 0 Å². The molecule has 5 nitrogen and oxygen atoms in total. The second kappa shape index (κ2) is 8.36. The van der Waals surface area contributed by atoms with Crippen LogP contribution in [0.5, 0.6) is 11.5 Å². The number of carbonyl (C=O) groups is 1. The zero-order valence-electron chi connectivity index (χ0n) is 14.6. The SMILES string of the molecule is CCN(CC)[C@@H](CNC(=O)[C@@H]1COc2ccccc2O1)c1ccsc1. The highest BCUT2D eigenvalue weighted by Crippen LogP contribution is 2.31. The van der Waals surface area contributed by atoms with Gasteiger partial charge in [0, 0.05) is 6.54 Å². The summed E-state index contributed by atoms with van der Waals surface area (Å²) in [5.41, 5.74) is 1.24. The predicted molar refractivity (Wildman–Crippen MR) is 99.3 cm³/mol. The molecule has 3 rings (SSSR count). The van der Waals surface area contributed by atoms with Crippen molar-refractivity contribution < 1.29 is 14.3 Å². The molecule has 0 fully saturated rings. The van der Waals surface area contributed by atoms with Crippen molar-refractivity contribution in [2.45, 2.75) is 26.0 Å². The largest absolute Gasteiger partial charge is 0.485 e. The fraction of sp³-hybridized carbons (Fsp3) is 0.421. The lowest BCUT2D eigenvalue weighted by Crippen LogP contribution is -2.46. The summed E-state index contributed by atoms with van der Waals surface area (Å²) in [4.78, 5) is 14.9. The second-order valence-corrected chi connectivity index (χ2v) is 6.68. The Morgan fingerprint density at radius 2 is 2.04 bits per heavy atom. The van der Waals surface area contributed by atoms with Gasteiger partial charge in [-0.15, -0.1) is 0 Å². The molecule has 1 amide bonds. The maximum atomic E-state index is 12.5. The maximum absolute atomic E-state index is 12.5. The van der Waals surface area contributed by atoms with E-state index >= 15 is 0 Å². The number of rotatable bonds is 7. The second-order valence-electron chi connectivity index (χ2n) is 5.90. The lowest BCUT2D eigenvalue weighted by atomic mass is 10.1. The standard InChI is InChI=1S/C19H24N2O3S/c1-3-21(4-2)15(14-9-10-25-13-14)11-20-19(22)18-12-23-16-7-5-6-8-17(16)24-18/h5-10,13,15,18H,3-4,11-12H2,1-2H3,(H,20,22)/t15-,18-/m0/s1. The first-order valence-corrected chi connectivity index (χ1v) is 9.59. The van der Waals surface area contributed by atoms with E-state index in [4.69, 9.17) is 9.47 Å². The highest BCUT2D eigenvalue weighted by Gasteiger charge is 2.28. The molecular formula is C19H24N2O3S. The van der Waals surface area contributed by atoms with E-state index in [-0.39, 0.29) is 18.6 Å². The van der Waals surface area contributed by atoms with Gasteiger partial charge >= 0.3 is 0 Å². The van der Waals surface area contributed by atoms with Gasteiger partial charge in [-0.1, -0.05) is 26.0 Å². The molecule has 0 bridgehead atoms. The number of amides is 1. The third-order valence-corrected chi connectivity index (χ3v) is 5.15. The first kappa shape index (κ1) is 17.8. The van der Waals surface area contributed by atoms with Crippen LogP contribution in [0.25, 0.3) is 0 Å². The van der Waals surface area contributed by atoms with Gasteiger partial charge in [-0.2, -0.15) is 11.3 Å². The number of benzene rings is 1. The number of ether oxygens (including phenoxy) is 2. The molecule has 2 atom stereocenters. The summed E-state index contributed by atoms with van der Waals surface area (Å²) in [5.74, 6) is 1.17. The molecule has 1 aliphatic rings. The molecule has 25 heavy (non-hydrogen) atoms. The van der Waals surface area contributed by atoms with Gasteiger partial charge < -0.3 is 14.8 Å². The van der Waals surface area contributed by atoms with Crippen molar-refractivity contribution in [3.05, 3.63) is 46.7 Å². The molecule has 0 saturated carbocycles. The minimum Gasteiger partial charge on any atom is -0.485 e. The number of hydrogen-bond donors (Lipinski definition) is 1. The zero-order chi connectivity index (χ0) is 17.6. The Bertz CT molecular complexity index is 686. The van der Waals surface area contributed by atoms with Gasteiger partial charge in [0.2, 0.25) is 6.10 Å². The topological polar surface area (TPSA) is 50.8 Å². The summed E-state index contributed by atoms with van der Waals surface area (Å²) in [6.07, 6.45) is -0.616. The fourth-order valence-electron chi connectivity index (χ4n) is 3.05. The summed E-state index contributed by atoms with van der Waals surface area (Å²) < 4.78 is 11.4. The van der Waals surface area contributed by atoms with Gasteiger partial charge in [0.1, 0.15) is 6.61 Å². The molecule has 1 N–H and O–H groups in total. The molecule has 2 heterocycles. The van der Waals surface area contributed by atoms with Gasteiger partial charge in [-0.05, 0) is 47.6 Å². The van der Waals surface area contributed by atoms with Crippen molar-refractivity contribution in [2.75, 3.05) is 26.2 Å². The Morgan fingerprint density at radius 3 is 2.72 bits per heavy atom. The number of hydrogen-bond acceptors (Lipinski definition) is 5. The van der Waals surface area contributed by atoms with Gasteiger partial charge in [0.05, 0.1) is 6.04 Å². The maximum Gasteiger partial charge on any atom is 0.264 e. The third kappa shape index (κ3) is 4.14. The minimum atomic E-state index is -0.616. The molecule has 2 aromatic rings. The van der Waals surface area contributed by atoms with Crippen molar-refractivity contribution in [1.82, 2.24) is 10.2 Å². The van der Waals surface area contributed by atoms with Gasteiger partial charge in [0.25, 0.3) is 5.91 Å². The Morgan fingerprint density at radius 1 is 1.28 bits per heavy atom. The molecule has 0 radical (unpaired) electrons. The van der Waals surface area contributed by atoms with Crippen LogP contribution in [-0.2, 0) is 4.79 Å². The average molecular weight is 360 g/mol. The van der Waals surface area contributed by atoms with E-state index in [0.717, 1.165) is 13.1 Å². The van der Waals surface area contributed by atoms with E-state index in [1.807, 2.05) is 24.3 Å². The van der Waals surface area contributed by atoms with E-state index in [2.05, 4.69) is 40.9 Å². The van der Waals surface area contributed by atoms with Crippen molar-refractivity contribution in [3.63, 3.8) is 0 Å². The fourth-order valence-corrected chi connectivity index (χ4v) is 3.75. The Kier molecular flexibility index (Phi) is 5.94. The lowest BCUT2D eigenvalue weighted by Gasteiger charge is -2.31. The molecule has 0 aliphatic carbocycles. The van der Waals surface area contributed by atoms with Crippen molar-refractivity contribution in [1.29, 1.82) is 0 Å². The van der Waals surface area contributed by atoms with Crippen LogP contribution in [-0.4, -0.2) is 43.2 Å². The average Bonchev–Trinajstić information content (AvgIpc) is 3.18. The van der Waals surface area contributed by atoms with E-state index in [1.54, 1.807) is 11.3 Å². The first-order chi connectivity index (χ1) is 12.2. The van der Waals surface area contributed by atoms with Crippen molar-refractivity contribution in [2.24, 2.45) is 0 Å². The highest BCUT2D eigenvalue weighted by atomic mass is 32.1. The number of para-hydroxylation sites is 2. The van der Waals surface area contributed by atoms with E-state index in [9.17, 15) is 4.79 Å². The van der Waals surface area contributed by atoms with E-state index < -0.39 is 6.10 Å². The number of nitrogens with one attached hydrogen (secondary N) is 1. The summed E-state index contributed by atoms with van der Waals surface area (Å²) in [5, 5.41) is 7.26. The quantitative estimate of drug-likeness (QED) is 0.824. The van der Waals surface area contributed by atoms with Gasteiger partial charge in [-0.3, -0.25) is 9.69 Å². The van der Waals surface area contributed by atoms with Crippen LogP contribution in [0.4, 0.5) is 0 Å². The number of carbonyl (C=O) groups excluding carboxylic acids is 1. The Hall–Kier alpha value is -2.05. The smallest absolute Gasteiger partial charge is 0.264 e. The van der Waals surface area contributed by atoms with Crippen LogP contribution < -0.4 is 14.8 Å². The number of thiophene rings is 1. The lowest BCUT2D eigenvalue weighted by molar-refractivity contribution is -0.130. The van der Waals surface area contributed by atoms with Crippen LogP contribution in [0.2, 0.25) is 0 Å². The van der Waals surface area contributed by atoms with E-state index in [1.165, 1.54) is 5.56 Å². The number of nitrogens with zero attached hydrogens (tertiary/aromatic N) is 1. The van der Waals surface area contributed by atoms with Crippen molar-refractivity contribution in [3.8, 4) is 11.5 Å². The summed E-state index contributed by atoms with van der Waals surface area (Å²) in [6, 6.07) is 9.71. The molecular weight excluding hydrogens is 336 g/mol. The molecule has 134 valence electrons. The van der Waals surface area contributed by atoms with Crippen LogP contribution in [0, 0.1) is 0 Å². The molecule has 0 spiro atoms. The van der Waals surface area contributed by atoms with Crippen LogP contribution >= 0.6 is 11.3 Å². The third-order valence-electron chi connectivity index (χ3n) is 4.45. The van der Waals surface area contributed by atoms with E-state index in [0.29, 0.717) is 18.0 Å². The normalized spacial score (nSPS) is 17.3. The zero-order valence-corrected chi connectivity index (χ0v) is 15.4. The highest BCUT2D eigenvalue weighted by molar-refractivity contribution is 7.07. The molecule has 1 aromatic carbocycles. The first-order valence-electron chi connectivity index (χ1n) is 8.65. The summed E-state index contributed by atoms with van der Waals surface area (Å²) in [6.45, 7) is 6.93. The number of likely N-dealkylation sites (N-methyl/N-ethyl adjacent to an activating group) is 1. The molecule has 0 saturated heterocycles. The van der Waals surface area contributed by atoms with Crippen molar-refractivity contribution >= 4 is 17.2 Å². The Labute approximate surface area is 152 Å².